The molecular weight excluding hydrogens is 474 g/mol. The van der Waals surface area contributed by atoms with Crippen LogP contribution in [-0.2, 0) is 20.2 Å². The molecule has 0 aromatic heterocycles. The van der Waals surface area contributed by atoms with Crippen LogP contribution in [0, 0.1) is 0 Å². The van der Waals surface area contributed by atoms with Gasteiger partial charge in [-0.25, -0.2) is 0 Å². The monoisotopic (exact) mass is 495 g/mol. The molecule has 7 N–H and O–H groups in total. The molecule has 1 saturated carbocycles. The van der Waals surface area contributed by atoms with E-state index in [-0.39, 0.29) is 28.9 Å². The topological polar surface area (TPSA) is 207 Å². The van der Waals surface area contributed by atoms with Gasteiger partial charge in [0.1, 0.15) is 9.79 Å². The zero-order chi connectivity index (χ0) is 24.3. The van der Waals surface area contributed by atoms with E-state index in [0.717, 1.165) is 18.2 Å². The van der Waals surface area contributed by atoms with E-state index in [1.165, 1.54) is 6.07 Å². The van der Waals surface area contributed by atoms with Gasteiger partial charge in [-0.1, -0.05) is 12.1 Å². The number of fused-ring (bicyclic) bond motifs is 2. The first kappa shape index (κ1) is 23.3. The van der Waals surface area contributed by atoms with Crippen LogP contribution in [0.4, 0.5) is 11.4 Å². The number of nitrogens with two attached hydrogens (primary N) is 2. The van der Waals surface area contributed by atoms with Gasteiger partial charge in [-0.2, -0.15) is 16.8 Å². The normalized spacial score (nSPS) is 20.8. The molecule has 2 aliphatic rings. The average molecular weight is 496 g/mol. The van der Waals surface area contributed by atoms with Crippen molar-refractivity contribution in [3.63, 3.8) is 0 Å². The standard InChI is InChI=1S/C20H21N3O8S2/c21-9-4-6-10(7-5-9)23-12-8-14(33(29,30)31)18(22)17-16(12)20(25)15-11(19(17)24)2-1-3-13(15)32(26,27)28/h1-3,8-10,23H,4-7,21-22H2,(H,26,27,28)(H,29,30,31). The third kappa shape index (κ3) is 4.02. The van der Waals surface area contributed by atoms with Crippen LogP contribution in [0.5, 0.6) is 0 Å². The Labute approximate surface area is 189 Å². The van der Waals surface area contributed by atoms with E-state index >= 15 is 0 Å². The van der Waals surface area contributed by atoms with Crippen LogP contribution in [-0.4, -0.2) is 49.6 Å². The number of benzene rings is 2. The second kappa shape index (κ2) is 7.88. The van der Waals surface area contributed by atoms with Gasteiger partial charge >= 0.3 is 0 Å². The van der Waals surface area contributed by atoms with Crippen molar-refractivity contribution in [2.24, 2.45) is 5.73 Å². The number of carbonyl (C=O) groups is 2. The molecular formula is C20H21N3O8S2. The number of nitrogens with one attached hydrogen (secondary N) is 1. The second-order valence-corrected chi connectivity index (χ2v) is 10.9. The lowest BCUT2D eigenvalue weighted by molar-refractivity contribution is 0.0977. The number of nitrogen functional groups attached to an aromatic ring is 1. The summed E-state index contributed by atoms with van der Waals surface area (Å²) in [6.07, 6.45) is 2.53. The number of hydrogen-bond donors (Lipinski definition) is 5. The molecule has 0 unspecified atom stereocenters. The maximum atomic E-state index is 13.5. The first-order valence-corrected chi connectivity index (χ1v) is 12.8. The van der Waals surface area contributed by atoms with Crippen molar-refractivity contribution < 1.29 is 35.5 Å². The molecule has 13 heteroatoms. The number of anilines is 2. The molecule has 0 bridgehead atoms. The first-order valence-electron chi connectivity index (χ1n) is 9.96. The van der Waals surface area contributed by atoms with Gasteiger partial charge in [-0.15, -0.1) is 0 Å². The number of rotatable bonds is 4. The summed E-state index contributed by atoms with van der Waals surface area (Å²) in [5.41, 5.74) is 9.41. The fourth-order valence-corrected chi connectivity index (χ4v) is 5.74. The number of carbonyl (C=O) groups excluding carboxylic acids is 2. The van der Waals surface area contributed by atoms with Gasteiger partial charge in [-0.3, -0.25) is 18.7 Å². The van der Waals surface area contributed by atoms with E-state index in [1.807, 2.05) is 0 Å². The van der Waals surface area contributed by atoms with Gasteiger partial charge in [0.25, 0.3) is 20.2 Å². The molecule has 176 valence electrons. The van der Waals surface area contributed by atoms with E-state index < -0.39 is 58.4 Å². The van der Waals surface area contributed by atoms with E-state index in [0.29, 0.717) is 25.7 Å². The van der Waals surface area contributed by atoms with Gasteiger partial charge in [0.15, 0.2) is 11.6 Å². The maximum absolute atomic E-state index is 13.5. The molecule has 0 radical (unpaired) electrons. The Kier molecular flexibility index (Phi) is 5.57. The number of hydrogen-bond acceptors (Lipinski definition) is 9. The van der Waals surface area contributed by atoms with Crippen molar-refractivity contribution in [3.05, 3.63) is 46.5 Å². The highest BCUT2D eigenvalue weighted by Crippen LogP contribution is 2.41. The SMILES string of the molecule is Nc1c(S(=O)(=O)O)cc(NC2CCC(N)CC2)c2c1C(=O)c1cccc(S(=O)(=O)O)c1C2=O. The summed E-state index contributed by atoms with van der Waals surface area (Å²) in [5.74, 6) is -1.85. The summed E-state index contributed by atoms with van der Waals surface area (Å²) in [5, 5.41) is 3.04. The highest BCUT2D eigenvalue weighted by atomic mass is 32.2. The number of ketones is 2. The van der Waals surface area contributed by atoms with Crippen molar-refractivity contribution in [3.8, 4) is 0 Å². The quantitative estimate of drug-likeness (QED) is 0.257. The van der Waals surface area contributed by atoms with Gasteiger partial charge in [-0.05, 0) is 37.8 Å². The van der Waals surface area contributed by atoms with E-state index in [1.54, 1.807) is 0 Å². The fraction of sp³-hybridized carbons (Fsp3) is 0.300. The second-order valence-electron chi connectivity index (χ2n) is 8.13. The van der Waals surface area contributed by atoms with Crippen LogP contribution >= 0.6 is 0 Å². The van der Waals surface area contributed by atoms with Crippen molar-refractivity contribution in [2.45, 2.75) is 47.6 Å². The zero-order valence-electron chi connectivity index (χ0n) is 17.1. The molecule has 2 aliphatic carbocycles. The minimum atomic E-state index is -4.87. The first-order chi connectivity index (χ1) is 15.3. The summed E-state index contributed by atoms with van der Waals surface area (Å²) in [7, 11) is -9.74. The summed E-state index contributed by atoms with van der Waals surface area (Å²) in [4.78, 5) is 25.3. The van der Waals surface area contributed by atoms with Crippen LogP contribution in [0.1, 0.15) is 57.5 Å². The molecule has 2 aromatic rings. The van der Waals surface area contributed by atoms with Gasteiger partial charge in [0.05, 0.1) is 22.4 Å². The van der Waals surface area contributed by atoms with Crippen LogP contribution in [0.2, 0.25) is 0 Å². The minimum Gasteiger partial charge on any atom is -0.397 e. The molecule has 0 heterocycles. The van der Waals surface area contributed by atoms with E-state index in [9.17, 15) is 35.5 Å². The lowest BCUT2D eigenvalue weighted by Crippen LogP contribution is -2.34. The molecule has 0 aliphatic heterocycles. The molecule has 1 fully saturated rings. The highest BCUT2D eigenvalue weighted by molar-refractivity contribution is 7.86. The van der Waals surface area contributed by atoms with Crippen molar-refractivity contribution in [1.82, 2.24) is 0 Å². The Morgan fingerprint density at radius 1 is 0.848 bits per heavy atom. The Morgan fingerprint density at radius 3 is 2.03 bits per heavy atom. The summed E-state index contributed by atoms with van der Waals surface area (Å²) >= 11 is 0. The molecule has 0 atom stereocenters. The van der Waals surface area contributed by atoms with Gasteiger partial charge < -0.3 is 16.8 Å². The molecule has 0 saturated heterocycles. The lowest BCUT2D eigenvalue weighted by Gasteiger charge is -2.30. The minimum absolute atomic E-state index is 0.00386. The Bertz CT molecular complexity index is 1410. The van der Waals surface area contributed by atoms with Crippen molar-refractivity contribution in [2.75, 3.05) is 11.1 Å². The van der Waals surface area contributed by atoms with Crippen LogP contribution < -0.4 is 16.8 Å². The zero-order valence-corrected chi connectivity index (χ0v) is 18.7. The predicted molar refractivity (Wildman–Crippen MR) is 118 cm³/mol. The summed E-state index contributed by atoms with van der Waals surface area (Å²) in [6.45, 7) is 0. The van der Waals surface area contributed by atoms with E-state index in [4.69, 9.17) is 11.5 Å². The van der Waals surface area contributed by atoms with E-state index in [2.05, 4.69) is 5.32 Å². The molecule has 11 nitrogen and oxygen atoms in total. The predicted octanol–water partition coefficient (Wildman–Crippen LogP) is 1.22. The third-order valence-electron chi connectivity index (χ3n) is 5.97. The molecule has 0 amide bonds. The lowest BCUT2D eigenvalue weighted by atomic mass is 9.82. The summed E-state index contributed by atoms with van der Waals surface area (Å²) in [6, 6.07) is 4.03. The van der Waals surface area contributed by atoms with Crippen LogP contribution in [0.15, 0.2) is 34.1 Å². The smallest absolute Gasteiger partial charge is 0.296 e. The maximum Gasteiger partial charge on any atom is 0.296 e. The average Bonchev–Trinajstić information content (AvgIpc) is 2.72. The summed E-state index contributed by atoms with van der Waals surface area (Å²) < 4.78 is 67.0. The highest BCUT2D eigenvalue weighted by Gasteiger charge is 2.40. The van der Waals surface area contributed by atoms with Gasteiger partial charge in [0, 0.05) is 23.3 Å². The fourth-order valence-electron chi connectivity index (χ4n) is 4.39. The molecule has 4 rings (SSSR count). The molecule has 2 aromatic carbocycles. The molecule has 33 heavy (non-hydrogen) atoms. The Morgan fingerprint density at radius 2 is 1.45 bits per heavy atom. The largest absolute Gasteiger partial charge is 0.397 e. The third-order valence-corrected chi connectivity index (χ3v) is 7.76. The Hall–Kier alpha value is -2.84. The van der Waals surface area contributed by atoms with Crippen molar-refractivity contribution in [1.29, 1.82) is 0 Å². The van der Waals surface area contributed by atoms with Gasteiger partial charge in [0.2, 0.25) is 0 Å². The molecule has 0 spiro atoms. The van der Waals surface area contributed by atoms with Crippen LogP contribution in [0.25, 0.3) is 0 Å². The van der Waals surface area contributed by atoms with Crippen LogP contribution in [0.3, 0.4) is 0 Å². The Balaban J connectivity index is 1.99. The van der Waals surface area contributed by atoms with Crippen molar-refractivity contribution >= 4 is 43.2 Å².